The van der Waals surface area contributed by atoms with Crippen LogP contribution < -0.4 is 5.32 Å². The molecule has 1 unspecified atom stereocenters. The van der Waals surface area contributed by atoms with Crippen LogP contribution in [0.2, 0.25) is 0 Å². The zero-order valence-electron chi connectivity index (χ0n) is 9.89. The van der Waals surface area contributed by atoms with Crippen molar-refractivity contribution in [2.75, 3.05) is 13.2 Å². The highest BCUT2D eigenvalue weighted by Gasteiger charge is 2.09. The molecule has 0 aliphatic rings. The van der Waals surface area contributed by atoms with Crippen molar-refractivity contribution in [3.05, 3.63) is 24.0 Å². The minimum absolute atomic E-state index is 0.117. The van der Waals surface area contributed by atoms with Crippen LogP contribution in [0.1, 0.15) is 30.1 Å². The van der Waals surface area contributed by atoms with E-state index >= 15 is 0 Å². The minimum atomic E-state index is -0.304. The third-order valence-corrected chi connectivity index (χ3v) is 2.52. The zero-order chi connectivity index (χ0) is 12.7. The Hall–Kier alpha value is -1.62. The van der Waals surface area contributed by atoms with Crippen LogP contribution in [0.15, 0.2) is 18.5 Å². The van der Waals surface area contributed by atoms with Gasteiger partial charge in [-0.05, 0) is 24.8 Å². The lowest BCUT2D eigenvalue weighted by Crippen LogP contribution is -2.25. The molecule has 1 aromatic rings. The molecule has 0 aromatic carbocycles. The fourth-order valence-electron chi connectivity index (χ4n) is 1.42. The number of pyridine rings is 1. The van der Waals surface area contributed by atoms with Crippen molar-refractivity contribution in [2.45, 2.75) is 19.8 Å². The molecule has 1 aromatic heterocycles. The van der Waals surface area contributed by atoms with Crippen LogP contribution in [0.25, 0.3) is 0 Å². The number of aliphatic hydroxyl groups is 1. The first kappa shape index (κ1) is 13.4. The number of nitrogens with one attached hydrogen (secondary N) is 1. The lowest BCUT2D eigenvalue weighted by Gasteiger charge is -2.08. The molecule has 0 radical (unpaired) electrons. The fraction of sp³-hybridized carbons (Fsp3) is 0.500. The summed E-state index contributed by atoms with van der Waals surface area (Å²) in [7, 11) is 0. The first-order valence-electron chi connectivity index (χ1n) is 5.67. The zero-order valence-corrected chi connectivity index (χ0v) is 9.89. The van der Waals surface area contributed by atoms with Crippen LogP contribution in [0.4, 0.5) is 0 Å². The number of aromatic hydroxyl groups is 1. The van der Waals surface area contributed by atoms with Gasteiger partial charge in [0.05, 0.1) is 11.8 Å². The molecule has 5 heteroatoms. The molecule has 0 saturated heterocycles. The van der Waals surface area contributed by atoms with E-state index in [1.165, 1.54) is 18.5 Å². The van der Waals surface area contributed by atoms with Crippen molar-refractivity contribution < 1.29 is 15.0 Å². The Morgan fingerprint density at radius 1 is 1.59 bits per heavy atom. The van der Waals surface area contributed by atoms with Crippen LogP contribution in [0.3, 0.4) is 0 Å². The summed E-state index contributed by atoms with van der Waals surface area (Å²) in [6.07, 6.45) is 4.36. The van der Waals surface area contributed by atoms with Crippen LogP contribution in [-0.2, 0) is 0 Å². The molecule has 0 saturated carbocycles. The SMILES string of the molecule is CC(CO)CCCNC(=O)c1ccncc1O. The van der Waals surface area contributed by atoms with Gasteiger partial charge in [0.15, 0.2) is 0 Å². The number of aromatic nitrogens is 1. The molecular formula is C12H18N2O3. The summed E-state index contributed by atoms with van der Waals surface area (Å²) in [5, 5.41) is 20.9. The lowest BCUT2D eigenvalue weighted by molar-refractivity contribution is 0.0949. The Morgan fingerprint density at radius 2 is 2.35 bits per heavy atom. The van der Waals surface area contributed by atoms with Gasteiger partial charge in [0.25, 0.3) is 5.91 Å². The van der Waals surface area contributed by atoms with Crippen molar-refractivity contribution in [1.82, 2.24) is 10.3 Å². The first-order valence-corrected chi connectivity index (χ1v) is 5.67. The van der Waals surface area contributed by atoms with Gasteiger partial charge in [0, 0.05) is 19.3 Å². The van der Waals surface area contributed by atoms with Crippen molar-refractivity contribution in [2.24, 2.45) is 5.92 Å². The van der Waals surface area contributed by atoms with E-state index in [-0.39, 0.29) is 29.7 Å². The molecule has 1 amide bonds. The Balaban J connectivity index is 2.33. The average Bonchev–Trinajstić information content (AvgIpc) is 2.34. The second-order valence-corrected chi connectivity index (χ2v) is 4.08. The Kier molecular flexibility index (Phi) is 5.42. The van der Waals surface area contributed by atoms with Gasteiger partial charge in [-0.25, -0.2) is 0 Å². The molecule has 94 valence electrons. The molecule has 0 fully saturated rings. The Bertz CT molecular complexity index is 369. The summed E-state index contributed by atoms with van der Waals surface area (Å²) in [6.45, 7) is 2.65. The van der Waals surface area contributed by atoms with E-state index in [1.54, 1.807) is 0 Å². The molecule has 1 atom stereocenters. The van der Waals surface area contributed by atoms with Gasteiger partial charge in [0.1, 0.15) is 5.75 Å². The highest BCUT2D eigenvalue weighted by molar-refractivity contribution is 5.96. The predicted molar refractivity (Wildman–Crippen MR) is 63.7 cm³/mol. The topological polar surface area (TPSA) is 82.5 Å². The molecule has 0 aliphatic carbocycles. The van der Waals surface area contributed by atoms with E-state index in [0.29, 0.717) is 6.54 Å². The summed E-state index contributed by atoms with van der Waals surface area (Å²) in [5.41, 5.74) is 0.232. The average molecular weight is 238 g/mol. The maximum Gasteiger partial charge on any atom is 0.255 e. The number of nitrogens with zero attached hydrogens (tertiary/aromatic N) is 1. The molecular weight excluding hydrogens is 220 g/mol. The molecule has 1 heterocycles. The van der Waals surface area contributed by atoms with E-state index in [2.05, 4.69) is 10.3 Å². The highest BCUT2D eigenvalue weighted by Crippen LogP contribution is 2.13. The van der Waals surface area contributed by atoms with Gasteiger partial charge in [-0.1, -0.05) is 6.92 Å². The summed E-state index contributed by atoms with van der Waals surface area (Å²) in [5.74, 6) is -0.170. The van der Waals surface area contributed by atoms with Gasteiger partial charge in [0.2, 0.25) is 0 Å². The van der Waals surface area contributed by atoms with Gasteiger partial charge in [-0.2, -0.15) is 0 Å². The first-order chi connectivity index (χ1) is 8.15. The maximum atomic E-state index is 11.6. The van der Waals surface area contributed by atoms with E-state index in [1.807, 2.05) is 6.92 Å². The standard InChI is InChI=1S/C12H18N2O3/c1-9(8-15)3-2-5-14-12(17)10-4-6-13-7-11(10)16/h4,6-7,9,15-16H,2-3,5,8H2,1H3,(H,14,17). The second-order valence-electron chi connectivity index (χ2n) is 4.08. The van der Waals surface area contributed by atoms with Crippen LogP contribution >= 0.6 is 0 Å². The second kappa shape index (κ2) is 6.85. The monoisotopic (exact) mass is 238 g/mol. The number of hydrogen-bond acceptors (Lipinski definition) is 4. The van der Waals surface area contributed by atoms with Crippen molar-refractivity contribution in [3.63, 3.8) is 0 Å². The maximum absolute atomic E-state index is 11.6. The van der Waals surface area contributed by atoms with Gasteiger partial charge >= 0.3 is 0 Å². The number of rotatable bonds is 6. The van der Waals surface area contributed by atoms with Crippen LogP contribution in [0, 0.1) is 5.92 Å². The lowest BCUT2D eigenvalue weighted by atomic mass is 10.1. The van der Waals surface area contributed by atoms with E-state index in [9.17, 15) is 9.90 Å². The number of carbonyl (C=O) groups is 1. The molecule has 1 rings (SSSR count). The summed E-state index contributed by atoms with van der Waals surface area (Å²) in [4.78, 5) is 15.3. The number of carbonyl (C=O) groups excluding carboxylic acids is 1. The van der Waals surface area contributed by atoms with Gasteiger partial charge < -0.3 is 15.5 Å². The van der Waals surface area contributed by atoms with Crippen LogP contribution in [0.5, 0.6) is 5.75 Å². The molecule has 17 heavy (non-hydrogen) atoms. The summed E-state index contributed by atoms with van der Waals surface area (Å²) in [6, 6.07) is 1.47. The van der Waals surface area contributed by atoms with Crippen molar-refractivity contribution >= 4 is 5.91 Å². The molecule has 3 N–H and O–H groups in total. The Labute approximate surface area is 101 Å². The molecule has 5 nitrogen and oxygen atoms in total. The minimum Gasteiger partial charge on any atom is -0.505 e. The van der Waals surface area contributed by atoms with Gasteiger partial charge in [-0.15, -0.1) is 0 Å². The number of hydrogen-bond donors (Lipinski definition) is 3. The van der Waals surface area contributed by atoms with E-state index in [0.717, 1.165) is 12.8 Å². The van der Waals surface area contributed by atoms with E-state index in [4.69, 9.17) is 5.11 Å². The quantitative estimate of drug-likeness (QED) is 0.644. The summed E-state index contributed by atoms with van der Waals surface area (Å²) < 4.78 is 0. The normalized spacial score (nSPS) is 12.1. The highest BCUT2D eigenvalue weighted by atomic mass is 16.3. The number of aliphatic hydroxyl groups excluding tert-OH is 1. The third-order valence-electron chi connectivity index (χ3n) is 2.52. The smallest absolute Gasteiger partial charge is 0.255 e. The molecule has 0 spiro atoms. The number of amides is 1. The third kappa shape index (κ3) is 4.40. The Morgan fingerprint density at radius 3 is 3.00 bits per heavy atom. The largest absolute Gasteiger partial charge is 0.505 e. The summed E-state index contributed by atoms with van der Waals surface area (Å²) >= 11 is 0. The van der Waals surface area contributed by atoms with Crippen molar-refractivity contribution in [3.8, 4) is 5.75 Å². The molecule has 0 bridgehead atoms. The van der Waals surface area contributed by atoms with Gasteiger partial charge in [-0.3, -0.25) is 9.78 Å². The van der Waals surface area contributed by atoms with Crippen molar-refractivity contribution in [1.29, 1.82) is 0 Å². The predicted octanol–water partition coefficient (Wildman–Crippen LogP) is 0.926. The van der Waals surface area contributed by atoms with E-state index < -0.39 is 0 Å². The fourth-order valence-corrected chi connectivity index (χ4v) is 1.42. The molecule has 0 aliphatic heterocycles. The van der Waals surface area contributed by atoms with Crippen LogP contribution in [-0.4, -0.2) is 34.3 Å².